The Labute approximate surface area is 144 Å². The lowest BCUT2D eigenvalue weighted by molar-refractivity contribution is -0.140. The zero-order valence-corrected chi connectivity index (χ0v) is 14.4. The Morgan fingerprint density at radius 3 is 2.25 bits per heavy atom. The van der Waals surface area contributed by atoms with Gasteiger partial charge in [0.25, 0.3) is 0 Å². The van der Waals surface area contributed by atoms with E-state index in [0.29, 0.717) is 29.8 Å². The first kappa shape index (κ1) is 14.9. The molecule has 3 heteroatoms. The van der Waals surface area contributed by atoms with Crippen LogP contribution in [-0.4, -0.2) is 23.9 Å². The number of piperidine rings is 1. The van der Waals surface area contributed by atoms with Gasteiger partial charge >= 0.3 is 0 Å². The van der Waals surface area contributed by atoms with Crippen molar-refractivity contribution in [2.45, 2.75) is 57.0 Å². The number of hydrogen-bond donors (Lipinski definition) is 1. The average Bonchev–Trinajstić information content (AvgIpc) is 3.36. The quantitative estimate of drug-likeness (QED) is 0.897. The van der Waals surface area contributed by atoms with Crippen LogP contribution in [0.5, 0.6) is 0 Å². The standard InChI is InChI=1S/C21H28N2O/c24-21(18-7-3-6-15(18)14-10-12-22-13-11-14)23-19-8-9-20(23)17-5-2-1-4-16(17)19/h1-2,4-5,14-15,18-20,22H,3,6-13H2. The first-order chi connectivity index (χ1) is 11.8. The van der Waals surface area contributed by atoms with Crippen LogP contribution in [0.3, 0.4) is 0 Å². The van der Waals surface area contributed by atoms with E-state index in [1.165, 1.54) is 36.8 Å². The second-order valence-corrected chi connectivity index (χ2v) is 8.27. The first-order valence-electron chi connectivity index (χ1n) is 9.96. The monoisotopic (exact) mass is 324 g/mol. The Morgan fingerprint density at radius 2 is 1.58 bits per heavy atom. The molecule has 1 amide bonds. The van der Waals surface area contributed by atoms with Crippen LogP contribution in [0.15, 0.2) is 24.3 Å². The SMILES string of the molecule is O=C(C1CCCC1C1CCNCC1)N1C2CCC1c1ccccc12. The van der Waals surface area contributed by atoms with Gasteiger partial charge in [-0.2, -0.15) is 0 Å². The van der Waals surface area contributed by atoms with Gasteiger partial charge in [0.1, 0.15) is 0 Å². The minimum absolute atomic E-state index is 0.297. The molecule has 0 spiro atoms. The number of carbonyl (C=O) groups is 1. The van der Waals surface area contributed by atoms with Crippen LogP contribution in [0.1, 0.15) is 68.2 Å². The van der Waals surface area contributed by atoms with E-state index in [-0.39, 0.29) is 0 Å². The number of benzene rings is 1. The van der Waals surface area contributed by atoms with Crippen LogP contribution in [0.25, 0.3) is 0 Å². The predicted molar refractivity (Wildman–Crippen MR) is 94.4 cm³/mol. The van der Waals surface area contributed by atoms with Crippen LogP contribution in [0.2, 0.25) is 0 Å². The molecular formula is C21H28N2O. The second-order valence-electron chi connectivity index (χ2n) is 8.27. The molecule has 4 unspecified atom stereocenters. The Hall–Kier alpha value is -1.35. The van der Waals surface area contributed by atoms with E-state index in [4.69, 9.17) is 0 Å². The maximum Gasteiger partial charge on any atom is 0.227 e. The molecule has 5 rings (SSSR count). The Morgan fingerprint density at radius 1 is 0.917 bits per heavy atom. The molecule has 1 aliphatic carbocycles. The average molecular weight is 324 g/mol. The fraction of sp³-hybridized carbons (Fsp3) is 0.667. The smallest absolute Gasteiger partial charge is 0.227 e. The molecule has 3 fully saturated rings. The summed E-state index contributed by atoms with van der Waals surface area (Å²) in [7, 11) is 0. The van der Waals surface area contributed by atoms with Crippen molar-refractivity contribution in [2.24, 2.45) is 17.8 Å². The zero-order chi connectivity index (χ0) is 16.1. The fourth-order valence-electron chi connectivity index (χ4n) is 6.17. The first-order valence-corrected chi connectivity index (χ1v) is 9.96. The Kier molecular flexibility index (Phi) is 3.66. The Balaban J connectivity index is 1.39. The zero-order valence-electron chi connectivity index (χ0n) is 14.4. The highest BCUT2D eigenvalue weighted by Crippen LogP contribution is 2.55. The van der Waals surface area contributed by atoms with Gasteiger partial charge in [0.05, 0.1) is 12.1 Å². The van der Waals surface area contributed by atoms with Crippen LogP contribution >= 0.6 is 0 Å². The van der Waals surface area contributed by atoms with Crippen LogP contribution in [0, 0.1) is 17.8 Å². The molecule has 1 N–H and O–H groups in total. The van der Waals surface area contributed by atoms with E-state index >= 15 is 0 Å². The van der Waals surface area contributed by atoms with Crippen LogP contribution in [-0.2, 0) is 4.79 Å². The summed E-state index contributed by atoms with van der Waals surface area (Å²) in [4.78, 5) is 15.8. The lowest BCUT2D eigenvalue weighted by Gasteiger charge is -2.34. The number of fused-ring (bicyclic) bond motifs is 5. The molecule has 3 heterocycles. The molecular weight excluding hydrogens is 296 g/mol. The van der Waals surface area contributed by atoms with E-state index in [0.717, 1.165) is 38.3 Å². The van der Waals surface area contributed by atoms with Crippen molar-refractivity contribution in [3.05, 3.63) is 35.4 Å². The lowest BCUT2D eigenvalue weighted by atomic mass is 9.78. The van der Waals surface area contributed by atoms with E-state index < -0.39 is 0 Å². The van der Waals surface area contributed by atoms with Gasteiger partial charge in [0, 0.05) is 5.92 Å². The van der Waals surface area contributed by atoms with Gasteiger partial charge in [-0.25, -0.2) is 0 Å². The maximum atomic E-state index is 13.5. The molecule has 2 saturated heterocycles. The van der Waals surface area contributed by atoms with Gasteiger partial charge in [0.15, 0.2) is 0 Å². The summed E-state index contributed by atoms with van der Waals surface area (Å²) in [5, 5.41) is 3.48. The van der Waals surface area contributed by atoms with Crippen molar-refractivity contribution in [2.75, 3.05) is 13.1 Å². The van der Waals surface area contributed by atoms with E-state index in [2.05, 4.69) is 34.5 Å². The fourth-order valence-corrected chi connectivity index (χ4v) is 6.17. The molecule has 3 aliphatic heterocycles. The maximum absolute atomic E-state index is 13.5. The topological polar surface area (TPSA) is 32.3 Å². The molecule has 3 nitrogen and oxygen atoms in total. The van der Waals surface area contributed by atoms with Crippen molar-refractivity contribution >= 4 is 5.91 Å². The predicted octanol–water partition coefficient (Wildman–Crippen LogP) is 3.82. The lowest BCUT2D eigenvalue weighted by Crippen LogP contribution is -2.39. The van der Waals surface area contributed by atoms with E-state index in [1.807, 2.05) is 0 Å². The van der Waals surface area contributed by atoms with E-state index in [1.54, 1.807) is 0 Å². The molecule has 0 aromatic heterocycles. The third kappa shape index (κ3) is 2.17. The number of rotatable bonds is 2. The summed E-state index contributed by atoms with van der Waals surface area (Å²) in [5.41, 5.74) is 2.86. The van der Waals surface area contributed by atoms with Gasteiger partial charge < -0.3 is 10.2 Å². The summed E-state index contributed by atoms with van der Waals surface area (Å²) >= 11 is 0. The molecule has 4 atom stereocenters. The highest BCUT2D eigenvalue weighted by Gasteiger charge is 2.50. The van der Waals surface area contributed by atoms with Gasteiger partial charge in [0.2, 0.25) is 5.91 Å². The summed E-state index contributed by atoms with van der Waals surface area (Å²) in [6.07, 6.45) is 8.51. The number of hydrogen-bond acceptors (Lipinski definition) is 2. The molecule has 4 aliphatic rings. The molecule has 0 radical (unpaired) electrons. The van der Waals surface area contributed by atoms with Gasteiger partial charge in [-0.3, -0.25) is 4.79 Å². The number of carbonyl (C=O) groups excluding carboxylic acids is 1. The minimum Gasteiger partial charge on any atom is -0.328 e. The van der Waals surface area contributed by atoms with Crippen LogP contribution < -0.4 is 5.32 Å². The molecule has 128 valence electrons. The highest BCUT2D eigenvalue weighted by molar-refractivity contribution is 5.82. The van der Waals surface area contributed by atoms with Crippen molar-refractivity contribution in [3.8, 4) is 0 Å². The van der Waals surface area contributed by atoms with Crippen molar-refractivity contribution in [3.63, 3.8) is 0 Å². The van der Waals surface area contributed by atoms with Gasteiger partial charge in [-0.05, 0) is 74.6 Å². The molecule has 1 aromatic carbocycles. The third-order valence-electron chi connectivity index (χ3n) is 7.23. The summed E-state index contributed by atoms with van der Waals surface area (Å²) in [6.45, 7) is 2.28. The Bertz CT molecular complexity index is 605. The normalized spacial score (nSPS) is 35.4. The second kappa shape index (κ2) is 5.87. The summed E-state index contributed by atoms with van der Waals surface area (Å²) in [5.74, 6) is 2.19. The van der Waals surface area contributed by atoms with Crippen LogP contribution in [0.4, 0.5) is 0 Å². The highest BCUT2D eigenvalue weighted by atomic mass is 16.2. The molecule has 24 heavy (non-hydrogen) atoms. The number of amides is 1. The molecule has 1 aromatic rings. The largest absolute Gasteiger partial charge is 0.328 e. The van der Waals surface area contributed by atoms with Gasteiger partial charge in [-0.15, -0.1) is 0 Å². The number of nitrogens with one attached hydrogen (secondary N) is 1. The molecule has 1 saturated carbocycles. The van der Waals surface area contributed by atoms with Crippen molar-refractivity contribution in [1.29, 1.82) is 0 Å². The van der Waals surface area contributed by atoms with Crippen molar-refractivity contribution < 1.29 is 4.79 Å². The molecule has 2 bridgehead atoms. The van der Waals surface area contributed by atoms with Gasteiger partial charge in [-0.1, -0.05) is 30.7 Å². The summed E-state index contributed by atoms with van der Waals surface area (Å²) in [6, 6.07) is 9.50. The van der Waals surface area contributed by atoms with Crippen molar-refractivity contribution in [1.82, 2.24) is 10.2 Å². The minimum atomic E-state index is 0.297. The summed E-state index contributed by atoms with van der Waals surface area (Å²) < 4.78 is 0. The third-order valence-corrected chi connectivity index (χ3v) is 7.23. The van der Waals surface area contributed by atoms with E-state index in [9.17, 15) is 4.79 Å². The number of nitrogens with zero attached hydrogens (tertiary/aromatic N) is 1.